The molecule has 23 heavy (non-hydrogen) atoms. The predicted molar refractivity (Wildman–Crippen MR) is 77.1 cm³/mol. The lowest BCUT2D eigenvalue weighted by Crippen LogP contribution is -2.34. The Labute approximate surface area is 128 Å². The van der Waals surface area contributed by atoms with Crippen LogP contribution in [0.2, 0.25) is 0 Å². The van der Waals surface area contributed by atoms with Crippen LogP contribution in [0.1, 0.15) is 5.69 Å². The van der Waals surface area contributed by atoms with Gasteiger partial charge in [0.25, 0.3) is 0 Å². The third kappa shape index (κ3) is 2.65. The van der Waals surface area contributed by atoms with Gasteiger partial charge in [-0.05, 0) is 23.3 Å². The summed E-state index contributed by atoms with van der Waals surface area (Å²) in [5, 5.41) is 0.514. The van der Waals surface area contributed by atoms with Gasteiger partial charge in [0.2, 0.25) is 0 Å². The Kier molecular flexibility index (Phi) is 3.55. The lowest BCUT2D eigenvalue weighted by atomic mass is 9.99. The minimum Gasteiger partial charge on any atom is -0.246 e. The maximum Gasteiger partial charge on any atom is 0.459 e. The maximum absolute atomic E-state index is 13.7. The molecule has 0 saturated heterocycles. The zero-order valence-electron chi connectivity index (χ0n) is 11.6. The van der Waals surface area contributed by atoms with E-state index in [0.29, 0.717) is 10.9 Å². The molecule has 3 aromatic rings. The summed E-state index contributed by atoms with van der Waals surface area (Å²) in [6.07, 6.45) is -5.70. The summed E-state index contributed by atoms with van der Waals surface area (Å²) in [5.41, 5.74) is -0.379. The number of alkyl halides is 5. The predicted octanol–water partition coefficient (Wildman–Crippen LogP) is 5.56. The highest BCUT2D eigenvalue weighted by Gasteiger charge is 2.60. The van der Waals surface area contributed by atoms with Crippen LogP contribution in [0.15, 0.2) is 60.7 Å². The Hall–Kier alpha value is -2.50. The van der Waals surface area contributed by atoms with Crippen molar-refractivity contribution < 1.29 is 22.0 Å². The molecule has 0 aliphatic carbocycles. The number of nitrogens with zero attached hydrogens (tertiary/aromatic N) is 1. The summed E-state index contributed by atoms with van der Waals surface area (Å²) in [6.45, 7) is 0. The summed E-state index contributed by atoms with van der Waals surface area (Å²) in [7, 11) is 0. The van der Waals surface area contributed by atoms with Crippen molar-refractivity contribution in [2.75, 3.05) is 0 Å². The first-order chi connectivity index (χ1) is 10.8. The summed E-state index contributed by atoms with van der Waals surface area (Å²) in [4.78, 5) is 3.53. The monoisotopic (exact) mass is 323 g/mol. The minimum absolute atomic E-state index is 0.0905. The maximum atomic E-state index is 13.7. The molecule has 0 bridgehead atoms. The summed E-state index contributed by atoms with van der Waals surface area (Å²) < 4.78 is 65.4. The molecule has 0 unspecified atom stereocenters. The second-order valence-corrected chi connectivity index (χ2v) is 5.01. The third-order valence-electron chi connectivity index (χ3n) is 3.48. The zero-order valence-corrected chi connectivity index (χ0v) is 11.6. The highest BCUT2D eigenvalue weighted by atomic mass is 19.4. The van der Waals surface area contributed by atoms with Crippen LogP contribution < -0.4 is 0 Å². The second kappa shape index (κ2) is 5.30. The van der Waals surface area contributed by atoms with E-state index in [1.807, 2.05) is 0 Å². The number of aromatic nitrogens is 1. The Morgan fingerprint density at radius 1 is 0.739 bits per heavy atom. The molecule has 0 fully saturated rings. The normalized spacial score (nSPS) is 12.6. The molecule has 0 aliphatic heterocycles. The van der Waals surface area contributed by atoms with Crippen molar-refractivity contribution in [3.05, 3.63) is 66.4 Å². The van der Waals surface area contributed by atoms with Gasteiger partial charge in [0, 0.05) is 5.39 Å². The van der Waals surface area contributed by atoms with E-state index in [1.54, 1.807) is 48.5 Å². The van der Waals surface area contributed by atoms with Gasteiger partial charge in [-0.15, -0.1) is 0 Å². The van der Waals surface area contributed by atoms with E-state index in [-0.39, 0.29) is 11.1 Å². The van der Waals surface area contributed by atoms with Gasteiger partial charge in [-0.1, -0.05) is 48.5 Å². The smallest absolute Gasteiger partial charge is 0.246 e. The molecule has 1 heterocycles. The average Bonchev–Trinajstić information content (AvgIpc) is 2.53. The van der Waals surface area contributed by atoms with Crippen molar-refractivity contribution in [3.63, 3.8) is 0 Å². The number of benzene rings is 2. The molecule has 0 saturated carbocycles. The molecule has 2 aromatic carbocycles. The lowest BCUT2D eigenvalue weighted by Gasteiger charge is -2.20. The molecule has 0 N–H and O–H groups in total. The van der Waals surface area contributed by atoms with Crippen LogP contribution in [0.4, 0.5) is 22.0 Å². The van der Waals surface area contributed by atoms with E-state index in [0.717, 1.165) is 6.07 Å². The van der Waals surface area contributed by atoms with Gasteiger partial charge >= 0.3 is 12.1 Å². The van der Waals surface area contributed by atoms with Gasteiger partial charge in [0.05, 0.1) is 5.52 Å². The van der Waals surface area contributed by atoms with Crippen LogP contribution in [0.3, 0.4) is 0 Å². The molecule has 1 aromatic heterocycles. The lowest BCUT2D eigenvalue weighted by molar-refractivity contribution is -0.290. The molecule has 0 radical (unpaired) electrons. The van der Waals surface area contributed by atoms with E-state index in [4.69, 9.17) is 0 Å². The quantitative estimate of drug-likeness (QED) is 0.563. The van der Waals surface area contributed by atoms with Gasteiger partial charge < -0.3 is 0 Å². The Balaban J connectivity index is 2.31. The fraction of sp³-hybridized carbons (Fsp3) is 0.118. The Morgan fingerprint density at radius 3 is 2.00 bits per heavy atom. The van der Waals surface area contributed by atoms with E-state index in [2.05, 4.69) is 4.98 Å². The van der Waals surface area contributed by atoms with Crippen molar-refractivity contribution in [2.24, 2.45) is 0 Å². The van der Waals surface area contributed by atoms with Gasteiger partial charge in [-0.3, -0.25) is 0 Å². The fourth-order valence-electron chi connectivity index (χ4n) is 2.34. The van der Waals surface area contributed by atoms with Gasteiger partial charge in [0.1, 0.15) is 5.69 Å². The first-order valence-corrected chi connectivity index (χ1v) is 6.71. The molecule has 3 rings (SSSR count). The Morgan fingerprint density at radius 2 is 1.35 bits per heavy atom. The van der Waals surface area contributed by atoms with Crippen molar-refractivity contribution in [3.8, 4) is 11.1 Å². The number of halogens is 5. The molecule has 0 atom stereocenters. The van der Waals surface area contributed by atoms with Crippen LogP contribution in [0, 0.1) is 0 Å². The average molecular weight is 323 g/mol. The summed E-state index contributed by atoms with van der Waals surface area (Å²) >= 11 is 0. The highest BCUT2D eigenvalue weighted by molar-refractivity contribution is 5.94. The van der Waals surface area contributed by atoms with Gasteiger partial charge in [-0.25, -0.2) is 4.98 Å². The van der Waals surface area contributed by atoms with Gasteiger partial charge in [-0.2, -0.15) is 22.0 Å². The SMILES string of the molecule is FC(F)(F)C(F)(F)c1cc(-c2ccccc2)c2ccccc2n1. The largest absolute Gasteiger partial charge is 0.459 e. The first kappa shape index (κ1) is 15.4. The topological polar surface area (TPSA) is 12.9 Å². The number of rotatable bonds is 2. The number of pyridine rings is 1. The molecular weight excluding hydrogens is 313 g/mol. The van der Waals surface area contributed by atoms with Crippen molar-refractivity contribution >= 4 is 10.9 Å². The van der Waals surface area contributed by atoms with Crippen LogP contribution in [0.5, 0.6) is 0 Å². The van der Waals surface area contributed by atoms with Gasteiger partial charge in [0.15, 0.2) is 0 Å². The van der Waals surface area contributed by atoms with E-state index in [9.17, 15) is 22.0 Å². The minimum atomic E-state index is -5.70. The second-order valence-electron chi connectivity index (χ2n) is 5.01. The zero-order chi connectivity index (χ0) is 16.7. The first-order valence-electron chi connectivity index (χ1n) is 6.71. The number of hydrogen-bond acceptors (Lipinski definition) is 1. The van der Waals surface area contributed by atoms with Crippen LogP contribution >= 0.6 is 0 Å². The van der Waals surface area contributed by atoms with Crippen LogP contribution in [-0.2, 0) is 5.92 Å². The molecule has 118 valence electrons. The fourth-order valence-corrected chi connectivity index (χ4v) is 2.34. The third-order valence-corrected chi connectivity index (χ3v) is 3.48. The summed E-state index contributed by atoms with van der Waals surface area (Å²) in [5.74, 6) is -5.01. The van der Waals surface area contributed by atoms with Crippen LogP contribution in [0.25, 0.3) is 22.0 Å². The molecule has 0 amide bonds. The highest BCUT2D eigenvalue weighted by Crippen LogP contribution is 2.44. The number of fused-ring (bicyclic) bond motifs is 1. The number of hydrogen-bond donors (Lipinski definition) is 0. The van der Waals surface area contributed by atoms with Crippen molar-refractivity contribution in [1.82, 2.24) is 4.98 Å². The van der Waals surface area contributed by atoms with E-state index >= 15 is 0 Å². The standard InChI is InChI=1S/C17H10F5N/c18-16(19,17(20,21)22)15-10-13(11-6-2-1-3-7-11)12-8-4-5-9-14(12)23-15/h1-10H. The molecule has 1 nitrogen and oxygen atoms in total. The van der Waals surface area contributed by atoms with Crippen molar-refractivity contribution in [2.45, 2.75) is 12.1 Å². The molecule has 0 aliphatic rings. The van der Waals surface area contributed by atoms with E-state index in [1.165, 1.54) is 6.07 Å². The van der Waals surface area contributed by atoms with E-state index < -0.39 is 17.8 Å². The molecule has 0 spiro atoms. The Bertz CT molecular complexity index is 840. The van der Waals surface area contributed by atoms with Crippen molar-refractivity contribution in [1.29, 1.82) is 0 Å². The molecular formula is C17H10F5N. The summed E-state index contributed by atoms with van der Waals surface area (Å²) in [6, 6.07) is 15.5. The molecule has 6 heteroatoms. The van der Waals surface area contributed by atoms with Crippen LogP contribution in [-0.4, -0.2) is 11.2 Å². The number of para-hydroxylation sites is 1.